The molecule has 0 unspecified atom stereocenters. The van der Waals surface area contributed by atoms with Gasteiger partial charge in [0.25, 0.3) is 5.91 Å². The number of ether oxygens (including phenoxy) is 2. The molecular weight excluding hydrogens is 394 g/mol. The van der Waals surface area contributed by atoms with Crippen molar-refractivity contribution in [3.8, 4) is 17.2 Å². The molecule has 0 aromatic heterocycles. The molecule has 31 heavy (non-hydrogen) atoms. The fraction of sp³-hybridized carbons (Fsp3) is 0.167. The minimum Gasteiger partial charge on any atom is -0.504 e. The van der Waals surface area contributed by atoms with Crippen LogP contribution < -0.4 is 19.8 Å². The number of hydrogen-bond acceptors (Lipinski definition) is 6. The third kappa shape index (κ3) is 4.45. The molecule has 1 aliphatic heterocycles. The van der Waals surface area contributed by atoms with E-state index in [0.717, 1.165) is 30.1 Å². The molecule has 2 N–H and O–H groups in total. The van der Waals surface area contributed by atoms with Gasteiger partial charge in [0.2, 0.25) is 0 Å². The number of rotatable bonds is 6. The molecule has 0 radical (unpaired) electrons. The van der Waals surface area contributed by atoms with Crippen LogP contribution in [-0.4, -0.2) is 31.4 Å². The summed E-state index contributed by atoms with van der Waals surface area (Å²) in [6.45, 7) is 1.53. The summed E-state index contributed by atoms with van der Waals surface area (Å²) in [6.07, 6.45) is 1.50. The molecule has 7 nitrogen and oxygen atoms in total. The lowest BCUT2D eigenvalue weighted by Crippen LogP contribution is -2.18. The Hall–Kier alpha value is -4.00. The molecule has 0 aliphatic carbocycles. The van der Waals surface area contributed by atoms with Crippen molar-refractivity contribution in [1.82, 2.24) is 5.43 Å². The Morgan fingerprint density at radius 3 is 2.52 bits per heavy atom. The first-order valence-corrected chi connectivity index (χ1v) is 9.78. The summed E-state index contributed by atoms with van der Waals surface area (Å²) in [5, 5.41) is 13.7. The van der Waals surface area contributed by atoms with Gasteiger partial charge in [0.1, 0.15) is 5.75 Å². The number of nitrogens with zero attached hydrogens (tertiary/aromatic N) is 2. The van der Waals surface area contributed by atoms with Crippen LogP contribution in [0.2, 0.25) is 0 Å². The van der Waals surface area contributed by atoms with Gasteiger partial charge in [-0.3, -0.25) is 4.79 Å². The summed E-state index contributed by atoms with van der Waals surface area (Å²) in [6, 6.07) is 18.5. The van der Waals surface area contributed by atoms with Gasteiger partial charge < -0.3 is 19.5 Å². The number of phenolic OH excluding ortho intramolecular Hbond substituents is 1. The van der Waals surface area contributed by atoms with Crippen LogP contribution >= 0.6 is 0 Å². The maximum Gasteiger partial charge on any atom is 0.271 e. The zero-order valence-corrected chi connectivity index (χ0v) is 17.3. The zero-order valence-electron chi connectivity index (χ0n) is 17.3. The number of hydrazone groups is 1. The molecule has 3 aromatic carbocycles. The molecule has 0 saturated carbocycles. The van der Waals surface area contributed by atoms with Crippen LogP contribution in [0.25, 0.3) is 0 Å². The van der Waals surface area contributed by atoms with Crippen molar-refractivity contribution in [1.29, 1.82) is 0 Å². The van der Waals surface area contributed by atoms with Crippen LogP contribution in [0.15, 0.2) is 65.8 Å². The zero-order chi connectivity index (χ0) is 21.8. The summed E-state index contributed by atoms with van der Waals surface area (Å²) in [4.78, 5) is 14.8. The predicted molar refractivity (Wildman–Crippen MR) is 119 cm³/mol. The lowest BCUT2D eigenvalue weighted by Gasteiger charge is -2.17. The highest BCUT2D eigenvalue weighted by Gasteiger charge is 2.20. The molecule has 158 valence electrons. The summed E-state index contributed by atoms with van der Waals surface area (Å²) < 4.78 is 10.3. The second-order valence-corrected chi connectivity index (χ2v) is 7.17. The van der Waals surface area contributed by atoms with Crippen LogP contribution in [0, 0.1) is 0 Å². The molecule has 1 amide bonds. The van der Waals surface area contributed by atoms with E-state index in [4.69, 9.17) is 9.47 Å². The van der Waals surface area contributed by atoms with Crippen LogP contribution in [-0.2, 0) is 13.1 Å². The normalized spacial score (nSPS) is 12.6. The number of fused-ring (bicyclic) bond motifs is 1. The molecule has 0 spiro atoms. The van der Waals surface area contributed by atoms with Gasteiger partial charge in [-0.25, -0.2) is 5.43 Å². The number of carbonyl (C=O) groups is 1. The number of amides is 1. The number of aromatic hydroxyl groups is 1. The van der Waals surface area contributed by atoms with E-state index in [9.17, 15) is 9.90 Å². The SMILES string of the molecule is COc1ccc(N2Cc3ccc(C(=O)NN=Cc4ccc(O)c(OC)c4)cc3C2)cc1. The lowest BCUT2D eigenvalue weighted by atomic mass is 10.1. The van der Waals surface area contributed by atoms with Crippen molar-refractivity contribution in [3.05, 3.63) is 82.9 Å². The second-order valence-electron chi connectivity index (χ2n) is 7.17. The molecule has 0 fully saturated rings. The third-order valence-corrected chi connectivity index (χ3v) is 5.21. The summed E-state index contributed by atoms with van der Waals surface area (Å²) in [7, 11) is 3.13. The quantitative estimate of drug-likeness (QED) is 0.472. The number of phenols is 1. The monoisotopic (exact) mass is 417 g/mol. The van der Waals surface area contributed by atoms with E-state index < -0.39 is 0 Å². The first kappa shape index (κ1) is 20.3. The van der Waals surface area contributed by atoms with E-state index in [-0.39, 0.29) is 11.7 Å². The van der Waals surface area contributed by atoms with Gasteiger partial charge in [-0.05, 0) is 71.3 Å². The summed E-state index contributed by atoms with van der Waals surface area (Å²) in [5.41, 5.74) is 7.22. The van der Waals surface area contributed by atoms with Gasteiger partial charge in [0.15, 0.2) is 11.5 Å². The van der Waals surface area contributed by atoms with Gasteiger partial charge in [0, 0.05) is 24.3 Å². The van der Waals surface area contributed by atoms with Gasteiger partial charge in [0.05, 0.1) is 20.4 Å². The van der Waals surface area contributed by atoms with Crippen LogP contribution in [0.3, 0.4) is 0 Å². The summed E-state index contributed by atoms with van der Waals surface area (Å²) >= 11 is 0. The maximum atomic E-state index is 12.5. The number of nitrogens with one attached hydrogen (secondary N) is 1. The highest BCUT2D eigenvalue weighted by molar-refractivity contribution is 5.95. The number of carbonyl (C=O) groups excluding carboxylic acids is 1. The van der Waals surface area contributed by atoms with Crippen molar-refractivity contribution in [2.24, 2.45) is 5.10 Å². The van der Waals surface area contributed by atoms with Crippen molar-refractivity contribution in [3.63, 3.8) is 0 Å². The Labute approximate surface area is 180 Å². The maximum absolute atomic E-state index is 12.5. The van der Waals surface area contributed by atoms with E-state index in [1.165, 1.54) is 25.0 Å². The van der Waals surface area contributed by atoms with Crippen molar-refractivity contribution >= 4 is 17.8 Å². The number of methoxy groups -OCH3 is 2. The average molecular weight is 417 g/mol. The standard InChI is InChI=1S/C24H23N3O4/c1-30-21-8-6-20(7-9-21)27-14-18-5-4-17(12-19(18)15-27)24(29)26-25-13-16-3-10-22(28)23(11-16)31-2/h3-13,28H,14-15H2,1-2H3,(H,26,29). The Morgan fingerprint density at radius 1 is 1.00 bits per heavy atom. The Bertz CT molecular complexity index is 1130. The number of benzene rings is 3. The first-order chi connectivity index (χ1) is 15.1. The molecule has 0 atom stereocenters. The first-order valence-electron chi connectivity index (χ1n) is 9.78. The average Bonchev–Trinajstić information content (AvgIpc) is 3.23. The van der Waals surface area contributed by atoms with E-state index in [2.05, 4.69) is 15.4 Å². The topological polar surface area (TPSA) is 83.4 Å². The second kappa shape index (κ2) is 8.79. The van der Waals surface area contributed by atoms with Crippen LogP contribution in [0.5, 0.6) is 17.2 Å². The predicted octanol–water partition coefficient (Wildman–Crippen LogP) is 3.69. The molecule has 7 heteroatoms. The molecular formula is C24H23N3O4. The third-order valence-electron chi connectivity index (χ3n) is 5.21. The molecule has 1 heterocycles. The van der Waals surface area contributed by atoms with Crippen LogP contribution in [0.1, 0.15) is 27.0 Å². The Balaban J connectivity index is 1.41. The highest BCUT2D eigenvalue weighted by atomic mass is 16.5. The smallest absolute Gasteiger partial charge is 0.271 e. The minimum absolute atomic E-state index is 0.0468. The van der Waals surface area contributed by atoms with E-state index in [1.807, 2.05) is 42.5 Å². The summed E-state index contributed by atoms with van der Waals surface area (Å²) in [5.74, 6) is 0.930. The molecule has 0 saturated heterocycles. The lowest BCUT2D eigenvalue weighted by molar-refractivity contribution is 0.0955. The largest absolute Gasteiger partial charge is 0.504 e. The van der Waals surface area contributed by atoms with Gasteiger partial charge in [-0.2, -0.15) is 5.10 Å². The molecule has 4 rings (SSSR count). The van der Waals surface area contributed by atoms with Crippen molar-refractivity contribution in [2.45, 2.75) is 13.1 Å². The van der Waals surface area contributed by atoms with E-state index in [0.29, 0.717) is 16.9 Å². The Morgan fingerprint density at radius 2 is 1.77 bits per heavy atom. The van der Waals surface area contributed by atoms with E-state index in [1.54, 1.807) is 19.2 Å². The molecule has 0 bridgehead atoms. The fourth-order valence-corrected chi connectivity index (χ4v) is 3.52. The molecule has 1 aliphatic rings. The molecule has 3 aromatic rings. The van der Waals surface area contributed by atoms with Crippen molar-refractivity contribution in [2.75, 3.05) is 19.1 Å². The Kier molecular flexibility index (Phi) is 5.75. The van der Waals surface area contributed by atoms with E-state index >= 15 is 0 Å². The van der Waals surface area contributed by atoms with Crippen LogP contribution in [0.4, 0.5) is 5.69 Å². The minimum atomic E-state index is -0.285. The fourth-order valence-electron chi connectivity index (χ4n) is 3.52. The van der Waals surface area contributed by atoms with Gasteiger partial charge in [-0.15, -0.1) is 0 Å². The van der Waals surface area contributed by atoms with Gasteiger partial charge in [-0.1, -0.05) is 6.07 Å². The van der Waals surface area contributed by atoms with Gasteiger partial charge >= 0.3 is 0 Å². The number of anilines is 1. The van der Waals surface area contributed by atoms with Crippen molar-refractivity contribution < 1.29 is 19.4 Å². The highest BCUT2D eigenvalue weighted by Crippen LogP contribution is 2.30. The number of hydrogen-bond donors (Lipinski definition) is 2.